The van der Waals surface area contributed by atoms with Gasteiger partial charge in [0.05, 0.1) is 12.5 Å². The molecule has 0 amide bonds. The Kier molecular flexibility index (Phi) is 5.45. The first-order valence-electron chi connectivity index (χ1n) is 5.82. The van der Waals surface area contributed by atoms with E-state index < -0.39 is 0 Å². The number of esters is 1. The molecule has 1 aliphatic rings. The van der Waals surface area contributed by atoms with Crippen molar-refractivity contribution in [2.24, 2.45) is 11.7 Å². The largest absolute Gasteiger partial charge is 0.466 e. The van der Waals surface area contributed by atoms with E-state index >= 15 is 0 Å². The van der Waals surface area contributed by atoms with Crippen LogP contribution in [0.25, 0.3) is 0 Å². The van der Waals surface area contributed by atoms with Gasteiger partial charge >= 0.3 is 5.97 Å². The van der Waals surface area contributed by atoms with Crippen LogP contribution in [0.5, 0.6) is 0 Å². The molecular weight excluding hydrogens is 273 g/mol. The third-order valence-electron chi connectivity index (χ3n) is 3.13. The highest BCUT2D eigenvalue weighted by atomic mass is 35.5. The second-order valence-corrected chi connectivity index (χ2v) is 4.77. The van der Waals surface area contributed by atoms with Gasteiger partial charge < -0.3 is 10.5 Å². The molecule has 2 atom stereocenters. The molecule has 1 aromatic rings. The lowest BCUT2D eigenvalue weighted by Crippen LogP contribution is -2.30. The van der Waals surface area contributed by atoms with Gasteiger partial charge in [-0.1, -0.05) is 17.7 Å². The maximum atomic E-state index is 11.7. The average Bonchev–Trinajstić information content (AvgIpc) is 2.30. The van der Waals surface area contributed by atoms with E-state index in [-0.39, 0.29) is 30.3 Å². The van der Waals surface area contributed by atoms with Gasteiger partial charge in [0.15, 0.2) is 0 Å². The minimum Gasteiger partial charge on any atom is -0.466 e. The highest BCUT2D eigenvalue weighted by molar-refractivity contribution is 6.30. The molecule has 2 rings (SSSR count). The average molecular weight is 290 g/mol. The fourth-order valence-electron chi connectivity index (χ4n) is 2.32. The lowest BCUT2D eigenvalue weighted by molar-refractivity contribution is -0.148. The Morgan fingerprint density at radius 2 is 2.28 bits per heavy atom. The molecule has 0 spiro atoms. The van der Waals surface area contributed by atoms with Gasteiger partial charge in [-0.2, -0.15) is 0 Å². The lowest BCUT2D eigenvalue weighted by Gasteiger charge is -2.28. The molecule has 2 N–H and O–H groups in total. The number of benzene rings is 1. The van der Waals surface area contributed by atoms with E-state index in [0.717, 1.165) is 11.1 Å². The van der Waals surface area contributed by atoms with Crippen molar-refractivity contribution in [3.8, 4) is 0 Å². The normalized spacial score (nSPS) is 21.7. The number of hydrogen-bond acceptors (Lipinski definition) is 3. The van der Waals surface area contributed by atoms with Crippen LogP contribution < -0.4 is 5.73 Å². The van der Waals surface area contributed by atoms with E-state index in [9.17, 15) is 4.79 Å². The Balaban J connectivity index is 0.00000162. The summed E-state index contributed by atoms with van der Waals surface area (Å²) in [7, 11) is 0. The SMILES string of the molecule is CCOC(=O)C1Cc2ccc(Cl)cc2C(N)C1.Cl. The first kappa shape index (κ1) is 15.3. The number of fused-ring (bicyclic) bond motifs is 1. The number of carbonyl (C=O) groups is 1. The summed E-state index contributed by atoms with van der Waals surface area (Å²) in [6, 6.07) is 5.54. The zero-order chi connectivity index (χ0) is 12.4. The minimum atomic E-state index is -0.149. The maximum Gasteiger partial charge on any atom is 0.309 e. The van der Waals surface area contributed by atoms with E-state index in [1.807, 2.05) is 25.1 Å². The number of carbonyl (C=O) groups excluding carboxylic acids is 1. The van der Waals surface area contributed by atoms with Crippen LogP contribution in [0.4, 0.5) is 0 Å². The predicted octanol–water partition coefficient (Wildman–Crippen LogP) is 2.89. The fraction of sp³-hybridized carbons (Fsp3) is 0.462. The van der Waals surface area contributed by atoms with Crippen molar-refractivity contribution in [3.63, 3.8) is 0 Å². The molecule has 18 heavy (non-hydrogen) atoms. The molecule has 0 saturated heterocycles. The van der Waals surface area contributed by atoms with Crippen LogP contribution in [-0.4, -0.2) is 12.6 Å². The molecule has 3 nitrogen and oxygen atoms in total. The number of rotatable bonds is 2. The van der Waals surface area contributed by atoms with Crippen LogP contribution in [0.2, 0.25) is 5.02 Å². The number of ether oxygens (including phenoxy) is 1. The van der Waals surface area contributed by atoms with Gasteiger partial charge in [0.25, 0.3) is 0 Å². The van der Waals surface area contributed by atoms with Gasteiger partial charge in [-0.05, 0) is 43.0 Å². The van der Waals surface area contributed by atoms with E-state index in [0.29, 0.717) is 24.5 Å². The molecule has 0 fully saturated rings. The van der Waals surface area contributed by atoms with Crippen LogP contribution in [0.15, 0.2) is 18.2 Å². The Morgan fingerprint density at radius 1 is 1.56 bits per heavy atom. The van der Waals surface area contributed by atoms with Gasteiger partial charge in [-0.15, -0.1) is 12.4 Å². The summed E-state index contributed by atoms with van der Waals surface area (Å²) >= 11 is 5.94. The molecule has 0 aromatic heterocycles. The molecule has 0 bridgehead atoms. The third-order valence-corrected chi connectivity index (χ3v) is 3.37. The van der Waals surface area contributed by atoms with Gasteiger partial charge in [0.2, 0.25) is 0 Å². The van der Waals surface area contributed by atoms with Crippen molar-refractivity contribution in [2.45, 2.75) is 25.8 Å². The van der Waals surface area contributed by atoms with Crippen LogP contribution in [-0.2, 0) is 16.0 Å². The van der Waals surface area contributed by atoms with E-state index in [1.165, 1.54) is 0 Å². The number of nitrogens with two attached hydrogens (primary N) is 1. The molecule has 2 unspecified atom stereocenters. The van der Waals surface area contributed by atoms with Crippen LogP contribution in [0, 0.1) is 5.92 Å². The molecule has 0 heterocycles. The highest BCUT2D eigenvalue weighted by Crippen LogP contribution is 2.33. The summed E-state index contributed by atoms with van der Waals surface area (Å²) in [4.78, 5) is 11.7. The Hall–Kier alpha value is -0.770. The summed E-state index contributed by atoms with van der Waals surface area (Å²) in [5.74, 6) is -0.276. The smallest absolute Gasteiger partial charge is 0.309 e. The lowest BCUT2D eigenvalue weighted by atomic mass is 9.81. The van der Waals surface area contributed by atoms with Crippen molar-refractivity contribution in [2.75, 3.05) is 6.61 Å². The molecule has 1 aliphatic carbocycles. The zero-order valence-electron chi connectivity index (χ0n) is 10.2. The van der Waals surface area contributed by atoms with Crippen molar-refractivity contribution >= 4 is 30.0 Å². The summed E-state index contributed by atoms with van der Waals surface area (Å²) in [5, 5.41) is 0.689. The third kappa shape index (κ3) is 3.16. The Bertz CT molecular complexity index is 437. The van der Waals surface area contributed by atoms with Gasteiger partial charge in [-0.3, -0.25) is 4.79 Å². The van der Waals surface area contributed by atoms with Crippen molar-refractivity contribution in [1.82, 2.24) is 0 Å². The highest BCUT2D eigenvalue weighted by Gasteiger charge is 2.30. The number of halogens is 2. The maximum absolute atomic E-state index is 11.7. The van der Waals surface area contributed by atoms with Gasteiger partial charge in [0.1, 0.15) is 0 Å². The van der Waals surface area contributed by atoms with Crippen LogP contribution >= 0.6 is 24.0 Å². The second kappa shape index (κ2) is 6.41. The molecule has 0 radical (unpaired) electrons. The monoisotopic (exact) mass is 289 g/mol. The standard InChI is InChI=1S/C13H16ClNO2.ClH/c1-2-17-13(16)9-5-8-3-4-10(14)7-11(8)12(15)6-9;/h3-4,7,9,12H,2,5-6,15H2,1H3;1H. The fourth-order valence-corrected chi connectivity index (χ4v) is 2.50. The summed E-state index contributed by atoms with van der Waals surface area (Å²) in [6.07, 6.45) is 1.32. The Morgan fingerprint density at radius 3 is 2.94 bits per heavy atom. The molecule has 5 heteroatoms. The van der Waals surface area contributed by atoms with E-state index in [2.05, 4.69) is 0 Å². The summed E-state index contributed by atoms with van der Waals surface area (Å²) < 4.78 is 5.05. The number of hydrogen-bond donors (Lipinski definition) is 1. The van der Waals surface area contributed by atoms with Crippen molar-refractivity contribution < 1.29 is 9.53 Å². The first-order chi connectivity index (χ1) is 8.11. The Labute approximate surface area is 118 Å². The topological polar surface area (TPSA) is 52.3 Å². The predicted molar refractivity (Wildman–Crippen MR) is 74.1 cm³/mol. The second-order valence-electron chi connectivity index (χ2n) is 4.34. The van der Waals surface area contributed by atoms with Crippen molar-refractivity contribution in [3.05, 3.63) is 34.3 Å². The van der Waals surface area contributed by atoms with E-state index in [4.69, 9.17) is 22.1 Å². The molecule has 0 aliphatic heterocycles. The minimum absolute atomic E-state index is 0. The van der Waals surface area contributed by atoms with Crippen molar-refractivity contribution in [1.29, 1.82) is 0 Å². The quantitative estimate of drug-likeness (QED) is 0.852. The van der Waals surface area contributed by atoms with Gasteiger partial charge in [0, 0.05) is 11.1 Å². The van der Waals surface area contributed by atoms with Crippen LogP contribution in [0.1, 0.15) is 30.5 Å². The molecule has 0 saturated carbocycles. The molecule has 1 aromatic carbocycles. The molecular formula is C13H17Cl2NO2. The van der Waals surface area contributed by atoms with Crippen LogP contribution in [0.3, 0.4) is 0 Å². The summed E-state index contributed by atoms with van der Waals surface area (Å²) in [5.41, 5.74) is 8.23. The first-order valence-corrected chi connectivity index (χ1v) is 6.20. The van der Waals surface area contributed by atoms with Gasteiger partial charge in [-0.25, -0.2) is 0 Å². The summed E-state index contributed by atoms with van der Waals surface area (Å²) in [6.45, 7) is 2.23. The molecule has 100 valence electrons. The van der Waals surface area contributed by atoms with E-state index in [1.54, 1.807) is 0 Å². The zero-order valence-corrected chi connectivity index (χ0v) is 11.8.